The maximum absolute atomic E-state index is 11.8. The second kappa shape index (κ2) is 7.74. The minimum absolute atomic E-state index is 0.120. The smallest absolute Gasteiger partial charge is 0.336 e. The number of allylic oxidation sites excluding steroid dienone is 1. The first-order valence-corrected chi connectivity index (χ1v) is 6.42. The first kappa shape index (κ1) is 15.4. The van der Waals surface area contributed by atoms with E-state index in [-0.39, 0.29) is 24.8 Å². The van der Waals surface area contributed by atoms with Gasteiger partial charge in [0.25, 0.3) is 0 Å². The van der Waals surface area contributed by atoms with Gasteiger partial charge in [-0.25, -0.2) is 9.59 Å². The van der Waals surface area contributed by atoms with Gasteiger partial charge in [-0.3, -0.25) is 0 Å². The van der Waals surface area contributed by atoms with Crippen LogP contribution in [0.25, 0.3) is 0 Å². The number of hydrogen-bond donors (Lipinski definition) is 0. The van der Waals surface area contributed by atoms with Gasteiger partial charge in [-0.05, 0) is 13.3 Å². The maximum Gasteiger partial charge on any atom is 0.336 e. The zero-order valence-electron chi connectivity index (χ0n) is 11.4. The molecule has 1 aliphatic rings. The average molecular weight is 268 g/mol. The lowest BCUT2D eigenvalue weighted by Crippen LogP contribution is -2.16. The number of unbranched alkanes of at least 4 members (excludes halogenated alkanes) is 1. The van der Waals surface area contributed by atoms with Crippen LogP contribution in [0.5, 0.6) is 0 Å². The van der Waals surface area contributed by atoms with E-state index in [1.54, 1.807) is 13.0 Å². The second-order valence-electron chi connectivity index (χ2n) is 4.16. The Bertz CT molecular complexity index is 372. The van der Waals surface area contributed by atoms with E-state index >= 15 is 0 Å². The Morgan fingerprint density at radius 3 is 2.68 bits per heavy atom. The van der Waals surface area contributed by atoms with E-state index in [2.05, 4.69) is 6.58 Å². The molecule has 2 atom stereocenters. The van der Waals surface area contributed by atoms with Crippen LogP contribution in [0, 0.1) is 0 Å². The van der Waals surface area contributed by atoms with Gasteiger partial charge in [-0.2, -0.15) is 0 Å². The van der Waals surface area contributed by atoms with Gasteiger partial charge in [0.15, 0.2) is 0 Å². The fourth-order valence-corrected chi connectivity index (χ4v) is 1.56. The molecule has 1 saturated heterocycles. The quantitative estimate of drug-likeness (QED) is 0.290. The fourth-order valence-electron chi connectivity index (χ4n) is 1.56. The van der Waals surface area contributed by atoms with Crippen molar-refractivity contribution in [2.24, 2.45) is 0 Å². The molecule has 0 saturated carbocycles. The molecular weight excluding hydrogens is 248 g/mol. The minimum atomic E-state index is -0.498. The highest BCUT2D eigenvalue weighted by Crippen LogP contribution is 2.30. The van der Waals surface area contributed by atoms with Crippen LogP contribution in [0.1, 0.15) is 26.7 Å². The van der Waals surface area contributed by atoms with E-state index in [0.717, 1.165) is 18.9 Å². The Morgan fingerprint density at radius 2 is 2.11 bits per heavy atom. The topological polar surface area (TPSA) is 65.1 Å². The molecule has 0 aromatic heterocycles. The monoisotopic (exact) mass is 268 g/mol. The summed E-state index contributed by atoms with van der Waals surface area (Å²) in [4.78, 5) is 22.7. The van der Waals surface area contributed by atoms with Crippen molar-refractivity contribution in [3.05, 3.63) is 24.3 Å². The first-order valence-electron chi connectivity index (χ1n) is 6.42. The molecule has 0 aliphatic carbocycles. The largest absolute Gasteiger partial charge is 0.462 e. The predicted molar refractivity (Wildman–Crippen MR) is 69.4 cm³/mol. The molecule has 0 N–H and O–H groups in total. The summed E-state index contributed by atoms with van der Waals surface area (Å²) in [6.45, 7) is 7.61. The van der Waals surface area contributed by atoms with E-state index in [1.165, 1.54) is 0 Å². The van der Waals surface area contributed by atoms with Crippen LogP contribution in [0.15, 0.2) is 24.3 Å². The molecular formula is C14H20O5. The van der Waals surface area contributed by atoms with E-state index < -0.39 is 5.97 Å². The Balaban J connectivity index is 2.36. The fraction of sp³-hybridized carbons (Fsp3) is 0.571. The number of ether oxygens (including phenoxy) is 3. The van der Waals surface area contributed by atoms with Crippen molar-refractivity contribution in [2.75, 3.05) is 13.2 Å². The van der Waals surface area contributed by atoms with E-state index in [1.807, 2.05) is 6.92 Å². The molecule has 0 bridgehead atoms. The third-order valence-corrected chi connectivity index (χ3v) is 2.72. The van der Waals surface area contributed by atoms with Crippen molar-refractivity contribution >= 4 is 11.9 Å². The summed E-state index contributed by atoms with van der Waals surface area (Å²) in [7, 11) is 0. The van der Waals surface area contributed by atoms with Crippen LogP contribution in [-0.2, 0) is 23.8 Å². The van der Waals surface area contributed by atoms with E-state index in [0.29, 0.717) is 12.2 Å². The molecule has 1 heterocycles. The molecule has 1 aliphatic heterocycles. The molecule has 0 amide bonds. The van der Waals surface area contributed by atoms with Crippen molar-refractivity contribution in [3.63, 3.8) is 0 Å². The molecule has 5 nitrogen and oxygen atoms in total. The molecule has 0 spiro atoms. The van der Waals surface area contributed by atoms with Crippen molar-refractivity contribution in [1.82, 2.24) is 0 Å². The summed E-state index contributed by atoms with van der Waals surface area (Å²) in [5.41, 5.74) is 0.482. The van der Waals surface area contributed by atoms with Gasteiger partial charge in [0.1, 0.15) is 18.8 Å². The highest BCUT2D eigenvalue weighted by atomic mass is 16.6. The van der Waals surface area contributed by atoms with E-state index in [9.17, 15) is 9.59 Å². The van der Waals surface area contributed by atoms with Gasteiger partial charge in [0.2, 0.25) is 0 Å². The van der Waals surface area contributed by atoms with Crippen LogP contribution in [-0.4, -0.2) is 37.4 Å². The number of hydrogen-bond acceptors (Lipinski definition) is 5. The molecule has 0 radical (unpaired) electrons. The zero-order chi connectivity index (χ0) is 14.3. The Morgan fingerprint density at radius 1 is 1.37 bits per heavy atom. The molecule has 106 valence electrons. The highest BCUT2D eigenvalue weighted by molar-refractivity contribution is 5.90. The number of epoxide rings is 1. The normalized spacial score (nSPS) is 21.7. The van der Waals surface area contributed by atoms with Crippen LogP contribution < -0.4 is 0 Å². The lowest BCUT2D eigenvalue weighted by atomic mass is 10.1. The Kier molecular flexibility index (Phi) is 6.29. The molecule has 1 fully saturated rings. The van der Waals surface area contributed by atoms with Crippen molar-refractivity contribution in [2.45, 2.75) is 38.9 Å². The van der Waals surface area contributed by atoms with Gasteiger partial charge >= 0.3 is 11.9 Å². The molecule has 5 heteroatoms. The summed E-state index contributed by atoms with van der Waals surface area (Å²) in [5, 5.41) is 0. The van der Waals surface area contributed by atoms with Crippen LogP contribution in [0.3, 0.4) is 0 Å². The SMILES string of the molecule is C=CC(=O)OCC1OC1C(=CC)C(=O)OCCCC. The van der Waals surface area contributed by atoms with Gasteiger partial charge in [0.05, 0.1) is 12.2 Å². The van der Waals surface area contributed by atoms with Gasteiger partial charge < -0.3 is 14.2 Å². The third kappa shape index (κ3) is 4.87. The van der Waals surface area contributed by atoms with Gasteiger partial charge in [-0.1, -0.05) is 26.0 Å². The van der Waals surface area contributed by atoms with Gasteiger partial charge in [0, 0.05) is 6.08 Å². The minimum Gasteiger partial charge on any atom is -0.462 e. The summed E-state index contributed by atoms with van der Waals surface area (Å²) in [5.74, 6) is -0.861. The maximum atomic E-state index is 11.8. The lowest BCUT2D eigenvalue weighted by molar-refractivity contribution is -0.139. The number of carbonyl (C=O) groups is 2. The van der Waals surface area contributed by atoms with Crippen LogP contribution in [0.4, 0.5) is 0 Å². The Labute approximate surface area is 113 Å². The summed E-state index contributed by atoms with van der Waals surface area (Å²) in [6.07, 6.45) is 3.97. The van der Waals surface area contributed by atoms with Gasteiger partial charge in [-0.15, -0.1) is 0 Å². The lowest BCUT2D eigenvalue weighted by Gasteiger charge is -2.05. The third-order valence-electron chi connectivity index (χ3n) is 2.72. The van der Waals surface area contributed by atoms with Crippen LogP contribution >= 0.6 is 0 Å². The van der Waals surface area contributed by atoms with Crippen molar-refractivity contribution in [3.8, 4) is 0 Å². The second-order valence-corrected chi connectivity index (χ2v) is 4.16. The summed E-state index contributed by atoms with van der Waals surface area (Å²) >= 11 is 0. The van der Waals surface area contributed by atoms with E-state index in [4.69, 9.17) is 14.2 Å². The number of rotatable bonds is 8. The van der Waals surface area contributed by atoms with Crippen molar-refractivity contribution in [1.29, 1.82) is 0 Å². The molecule has 1 rings (SSSR count). The number of esters is 2. The number of carbonyl (C=O) groups excluding carboxylic acids is 2. The standard InChI is InChI=1S/C14H20O5/c1-4-7-8-17-14(16)10(5-2)13-11(19-13)9-18-12(15)6-3/h5-6,11,13H,3-4,7-9H2,1-2H3. The first-order chi connectivity index (χ1) is 9.13. The average Bonchev–Trinajstić information content (AvgIpc) is 3.16. The van der Waals surface area contributed by atoms with Crippen LogP contribution in [0.2, 0.25) is 0 Å². The van der Waals surface area contributed by atoms with Crippen molar-refractivity contribution < 1.29 is 23.8 Å². The molecule has 0 aromatic carbocycles. The Hall–Kier alpha value is -1.62. The molecule has 19 heavy (non-hydrogen) atoms. The summed E-state index contributed by atoms with van der Waals surface area (Å²) in [6, 6.07) is 0. The molecule has 0 aromatic rings. The molecule has 2 unspecified atom stereocenters. The predicted octanol–water partition coefficient (Wildman–Crippen LogP) is 1.77. The zero-order valence-corrected chi connectivity index (χ0v) is 11.4. The highest BCUT2D eigenvalue weighted by Gasteiger charge is 2.45. The summed E-state index contributed by atoms with van der Waals surface area (Å²) < 4.78 is 15.3.